The number of urea groups is 1. The number of carbonyl (C=O) groups is 2. The van der Waals surface area contributed by atoms with Crippen molar-refractivity contribution in [3.05, 3.63) is 76.2 Å². The number of rotatable bonds is 8. The molecule has 3 rings (SSSR count). The number of hydrogen-bond acceptors (Lipinski definition) is 6. The van der Waals surface area contributed by atoms with Gasteiger partial charge in [-0.3, -0.25) is 9.59 Å². The lowest BCUT2D eigenvalue weighted by Crippen LogP contribution is -2.36. The molecule has 0 spiro atoms. The molecular weight excluding hydrogens is 507 g/mol. The van der Waals surface area contributed by atoms with Crippen molar-refractivity contribution in [2.45, 2.75) is 32.7 Å². The van der Waals surface area contributed by atoms with Crippen LogP contribution in [0.1, 0.15) is 30.5 Å². The number of ether oxygens (including phenoxy) is 2. The van der Waals surface area contributed by atoms with Gasteiger partial charge in [0.05, 0.1) is 19.1 Å². The highest BCUT2D eigenvalue weighted by atomic mass is 19.4. The number of anilines is 1. The Morgan fingerprint density at radius 1 is 1.11 bits per heavy atom. The van der Waals surface area contributed by atoms with Gasteiger partial charge in [0.15, 0.2) is 5.69 Å². The standard InChI is InChI=1S/C26H26F3N3O6/c1-4-37-21(33)13-20(30-25(36)31-22-23(34)15(2)14-32(3)24(22)35)18-7-5-6-17(12-18)16-8-10-19(11-9-16)38-26(27,28)29/h5-12,14,20,34H,4,13H2,1-3H3,(H2,30,31,36)/t20-/m0/s1. The first-order chi connectivity index (χ1) is 17.9. The minimum absolute atomic E-state index is 0.122. The van der Waals surface area contributed by atoms with Crippen LogP contribution in [-0.4, -0.2) is 34.6 Å². The third kappa shape index (κ3) is 7.28. The maximum absolute atomic E-state index is 12.8. The number of pyridine rings is 1. The zero-order chi connectivity index (χ0) is 28.0. The van der Waals surface area contributed by atoms with Gasteiger partial charge >= 0.3 is 18.4 Å². The average Bonchev–Trinajstić information content (AvgIpc) is 2.85. The first-order valence-electron chi connectivity index (χ1n) is 11.5. The van der Waals surface area contributed by atoms with Gasteiger partial charge in [-0.25, -0.2) is 4.79 Å². The zero-order valence-electron chi connectivity index (χ0n) is 20.8. The quantitative estimate of drug-likeness (QED) is 0.359. The number of amides is 2. The molecule has 3 aromatic rings. The molecule has 1 heterocycles. The van der Waals surface area contributed by atoms with Gasteiger partial charge < -0.3 is 29.8 Å². The maximum Gasteiger partial charge on any atom is 0.573 e. The second-order valence-electron chi connectivity index (χ2n) is 8.31. The second-order valence-corrected chi connectivity index (χ2v) is 8.31. The molecule has 0 saturated carbocycles. The highest BCUT2D eigenvalue weighted by Crippen LogP contribution is 2.29. The van der Waals surface area contributed by atoms with Crippen molar-refractivity contribution in [2.24, 2.45) is 7.05 Å². The molecule has 0 aliphatic heterocycles. The van der Waals surface area contributed by atoms with Crippen LogP contribution in [-0.2, 0) is 16.6 Å². The van der Waals surface area contributed by atoms with Crippen molar-refractivity contribution in [1.82, 2.24) is 9.88 Å². The molecule has 3 N–H and O–H groups in total. The zero-order valence-corrected chi connectivity index (χ0v) is 20.8. The van der Waals surface area contributed by atoms with Crippen LogP contribution in [0.4, 0.5) is 23.7 Å². The number of esters is 1. The van der Waals surface area contributed by atoms with E-state index in [1.54, 1.807) is 38.1 Å². The number of carbonyl (C=O) groups excluding carboxylic acids is 2. The molecule has 0 aliphatic carbocycles. The molecule has 2 amide bonds. The molecule has 2 aromatic carbocycles. The van der Waals surface area contributed by atoms with E-state index in [2.05, 4.69) is 15.4 Å². The predicted octanol–water partition coefficient (Wildman–Crippen LogP) is 4.78. The summed E-state index contributed by atoms with van der Waals surface area (Å²) in [6, 6.07) is 10.1. The van der Waals surface area contributed by atoms with Gasteiger partial charge in [0.25, 0.3) is 5.56 Å². The first-order valence-corrected chi connectivity index (χ1v) is 11.5. The molecular formula is C26H26F3N3O6. The lowest BCUT2D eigenvalue weighted by atomic mass is 9.98. The lowest BCUT2D eigenvalue weighted by Gasteiger charge is -2.20. The molecule has 202 valence electrons. The van der Waals surface area contributed by atoms with Crippen LogP contribution in [0.5, 0.6) is 11.5 Å². The minimum Gasteiger partial charge on any atom is -0.505 e. The van der Waals surface area contributed by atoms with Crippen LogP contribution < -0.4 is 20.9 Å². The average molecular weight is 534 g/mol. The normalized spacial score (nSPS) is 11.9. The summed E-state index contributed by atoms with van der Waals surface area (Å²) in [6.07, 6.45) is -3.65. The van der Waals surface area contributed by atoms with Gasteiger partial charge in [0.2, 0.25) is 0 Å². The van der Waals surface area contributed by atoms with Crippen LogP contribution in [0.2, 0.25) is 0 Å². The van der Waals surface area contributed by atoms with Gasteiger partial charge in [0.1, 0.15) is 11.5 Å². The van der Waals surface area contributed by atoms with Crippen LogP contribution in [0.3, 0.4) is 0 Å². The Bertz CT molecular complexity index is 1370. The molecule has 0 fully saturated rings. The fourth-order valence-electron chi connectivity index (χ4n) is 3.73. The fourth-order valence-corrected chi connectivity index (χ4v) is 3.73. The third-order valence-corrected chi connectivity index (χ3v) is 5.46. The smallest absolute Gasteiger partial charge is 0.505 e. The van der Waals surface area contributed by atoms with Crippen molar-refractivity contribution in [3.63, 3.8) is 0 Å². The van der Waals surface area contributed by atoms with E-state index in [4.69, 9.17) is 4.74 Å². The Morgan fingerprint density at radius 3 is 2.42 bits per heavy atom. The van der Waals surface area contributed by atoms with Gasteiger partial charge in [-0.1, -0.05) is 30.3 Å². The highest BCUT2D eigenvalue weighted by molar-refractivity contribution is 5.91. The molecule has 0 saturated heterocycles. The summed E-state index contributed by atoms with van der Waals surface area (Å²) in [6.45, 7) is 3.32. The van der Waals surface area contributed by atoms with Gasteiger partial charge in [0, 0.05) is 18.8 Å². The molecule has 9 nitrogen and oxygen atoms in total. The Labute approximate surface area is 215 Å². The van der Waals surface area contributed by atoms with Crippen LogP contribution in [0, 0.1) is 6.92 Å². The van der Waals surface area contributed by atoms with Crippen molar-refractivity contribution in [3.8, 4) is 22.6 Å². The number of nitrogens with zero attached hydrogens (tertiary/aromatic N) is 1. The van der Waals surface area contributed by atoms with E-state index in [1.807, 2.05) is 0 Å². The number of halogens is 3. The lowest BCUT2D eigenvalue weighted by molar-refractivity contribution is -0.274. The fraction of sp³-hybridized carbons (Fsp3) is 0.269. The molecule has 0 radical (unpaired) electrons. The van der Waals surface area contributed by atoms with E-state index < -0.39 is 30.0 Å². The summed E-state index contributed by atoms with van der Waals surface area (Å²) in [5.74, 6) is -1.35. The summed E-state index contributed by atoms with van der Waals surface area (Å²) >= 11 is 0. The maximum atomic E-state index is 12.8. The summed E-state index contributed by atoms with van der Waals surface area (Å²) in [5, 5.41) is 15.2. The second kappa shape index (κ2) is 11.7. The van der Waals surface area contributed by atoms with Crippen molar-refractivity contribution >= 4 is 17.7 Å². The number of aromatic hydroxyl groups is 1. The van der Waals surface area contributed by atoms with E-state index in [0.29, 0.717) is 22.3 Å². The number of aryl methyl sites for hydroxylation is 2. The van der Waals surface area contributed by atoms with E-state index in [-0.39, 0.29) is 30.2 Å². The summed E-state index contributed by atoms with van der Waals surface area (Å²) < 4.78 is 47.5. The largest absolute Gasteiger partial charge is 0.573 e. The SMILES string of the molecule is CCOC(=O)C[C@H](NC(=O)Nc1c(O)c(C)cn(C)c1=O)c1cccc(-c2ccc(OC(F)(F)F)cc2)c1. The molecule has 1 atom stereocenters. The van der Waals surface area contributed by atoms with Gasteiger partial charge in [-0.15, -0.1) is 13.2 Å². The highest BCUT2D eigenvalue weighted by Gasteiger charge is 2.31. The monoisotopic (exact) mass is 533 g/mol. The van der Waals surface area contributed by atoms with E-state index >= 15 is 0 Å². The number of hydrogen-bond donors (Lipinski definition) is 3. The van der Waals surface area contributed by atoms with Crippen molar-refractivity contribution < 1.29 is 37.3 Å². The third-order valence-electron chi connectivity index (χ3n) is 5.46. The predicted molar refractivity (Wildman–Crippen MR) is 133 cm³/mol. The molecule has 38 heavy (non-hydrogen) atoms. The van der Waals surface area contributed by atoms with Crippen LogP contribution in [0.25, 0.3) is 11.1 Å². The van der Waals surface area contributed by atoms with E-state index in [0.717, 1.165) is 0 Å². The molecule has 1 aromatic heterocycles. The van der Waals surface area contributed by atoms with E-state index in [9.17, 15) is 32.7 Å². The van der Waals surface area contributed by atoms with Crippen molar-refractivity contribution in [2.75, 3.05) is 11.9 Å². The number of benzene rings is 2. The molecule has 0 bridgehead atoms. The first kappa shape index (κ1) is 28.1. The minimum atomic E-state index is -4.81. The Hall–Kier alpha value is -4.48. The molecule has 0 unspecified atom stereocenters. The summed E-state index contributed by atoms with van der Waals surface area (Å²) in [4.78, 5) is 37.5. The Kier molecular flexibility index (Phi) is 8.66. The summed E-state index contributed by atoms with van der Waals surface area (Å²) in [5.41, 5.74) is 1.06. The summed E-state index contributed by atoms with van der Waals surface area (Å²) in [7, 11) is 1.47. The Balaban J connectivity index is 1.87. The van der Waals surface area contributed by atoms with E-state index in [1.165, 1.54) is 42.1 Å². The van der Waals surface area contributed by atoms with Gasteiger partial charge in [-0.2, -0.15) is 0 Å². The number of alkyl halides is 3. The number of aromatic nitrogens is 1. The van der Waals surface area contributed by atoms with Crippen molar-refractivity contribution in [1.29, 1.82) is 0 Å². The topological polar surface area (TPSA) is 119 Å². The molecule has 12 heteroatoms. The number of nitrogens with one attached hydrogen (secondary N) is 2. The van der Waals surface area contributed by atoms with Crippen LogP contribution >= 0.6 is 0 Å². The Morgan fingerprint density at radius 2 is 1.79 bits per heavy atom. The van der Waals surface area contributed by atoms with Gasteiger partial charge in [-0.05, 0) is 48.7 Å². The molecule has 0 aliphatic rings. The van der Waals surface area contributed by atoms with Crippen LogP contribution in [0.15, 0.2) is 59.5 Å².